The summed E-state index contributed by atoms with van der Waals surface area (Å²) in [5.41, 5.74) is 1.01. The summed E-state index contributed by atoms with van der Waals surface area (Å²) in [5, 5.41) is 3.46. The summed E-state index contributed by atoms with van der Waals surface area (Å²) in [5.74, 6) is -0.642. The van der Waals surface area contributed by atoms with Gasteiger partial charge in [0.25, 0.3) is 5.91 Å². The summed E-state index contributed by atoms with van der Waals surface area (Å²) in [6.45, 7) is 0.993. The predicted molar refractivity (Wildman–Crippen MR) is 142 cm³/mol. The van der Waals surface area contributed by atoms with Crippen LogP contribution < -0.4 is 10.7 Å². The third-order valence-electron chi connectivity index (χ3n) is 6.25. The average molecular weight is 537 g/mol. The van der Waals surface area contributed by atoms with Crippen molar-refractivity contribution in [3.05, 3.63) is 104 Å². The number of benzene rings is 2. The number of halogens is 2. The summed E-state index contributed by atoms with van der Waals surface area (Å²) in [6.07, 6.45) is 3.26. The highest BCUT2D eigenvalue weighted by Gasteiger charge is 2.30. The minimum Gasteiger partial charge on any atom is -0.445 e. The van der Waals surface area contributed by atoms with Gasteiger partial charge in [-0.2, -0.15) is 0 Å². The van der Waals surface area contributed by atoms with Gasteiger partial charge in [0.1, 0.15) is 17.8 Å². The highest BCUT2D eigenvalue weighted by atomic mass is 35.5. The fourth-order valence-corrected chi connectivity index (χ4v) is 4.86. The Balaban J connectivity index is 1.41. The van der Waals surface area contributed by atoms with E-state index in [1.54, 1.807) is 46.0 Å². The maximum Gasteiger partial charge on any atom is 0.410 e. The number of hydrogen-bond donors (Lipinski definition) is 1. The molecule has 1 aliphatic rings. The first-order valence-electron chi connectivity index (χ1n) is 11.6. The Morgan fingerprint density at radius 1 is 1.03 bits per heavy atom. The number of likely N-dealkylation sites (tertiary alicyclic amines) is 1. The molecular weight excluding hydrogens is 515 g/mol. The maximum absolute atomic E-state index is 13.2. The summed E-state index contributed by atoms with van der Waals surface area (Å²) in [4.78, 5) is 45.1. The van der Waals surface area contributed by atoms with Gasteiger partial charge in [0.2, 0.25) is 5.43 Å². The molecule has 0 bridgehead atoms. The quantitative estimate of drug-likeness (QED) is 0.361. The fraction of sp³-hybridized carbons (Fsp3) is 0.185. The molecule has 1 fully saturated rings. The molecule has 3 heterocycles. The lowest BCUT2D eigenvalue weighted by Crippen LogP contribution is -2.30. The first-order valence-corrected chi connectivity index (χ1v) is 12.4. The molecule has 0 spiro atoms. The van der Waals surface area contributed by atoms with E-state index in [1.807, 2.05) is 30.3 Å². The van der Waals surface area contributed by atoms with Gasteiger partial charge in [-0.25, -0.2) is 9.78 Å². The Bertz CT molecular complexity index is 1520. The van der Waals surface area contributed by atoms with Gasteiger partial charge in [-0.15, -0.1) is 0 Å². The third-order valence-corrected chi connectivity index (χ3v) is 6.88. The molecule has 188 valence electrons. The van der Waals surface area contributed by atoms with Crippen molar-refractivity contribution in [2.75, 3.05) is 18.4 Å². The summed E-state index contributed by atoms with van der Waals surface area (Å²) in [7, 11) is 0. The van der Waals surface area contributed by atoms with Crippen molar-refractivity contribution in [2.45, 2.75) is 19.1 Å². The van der Waals surface area contributed by atoms with Crippen molar-refractivity contribution in [3.8, 4) is 0 Å². The number of aromatic nitrogens is 2. The predicted octanol–water partition coefficient (Wildman–Crippen LogP) is 5.54. The van der Waals surface area contributed by atoms with Gasteiger partial charge >= 0.3 is 6.09 Å². The first kappa shape index (κ1) is 24.8. The van der Waals surface area contributed by atoms with Crippen molar-refractivity contribution in [1.29, 1.82) is 0 Å². The molecule has 37 heavy (non-hydrogen) atoms. The third kappa shape index (κ3) is 5.16. The summed E-state index contributed by atoms with van der Waals surface area (Å²) < 4.78 is 7.26. The number of nitrogens with one attached hydrogen (secondary N) is 1. The number of fused-ring (bicyclic) bond motifs is 1. The van der Waals surface area contributed by atoms with Crippen molar-refractivity contribution in [1.82, 2.24) is 14.5 Å². The molecular formula is C27H22Cl2N4O4. The van der Waals surface area contributed by atoms with Gasteiger partial charge in [-0.05, 0) is 36.2 Å². The minimum absolute atomic E-state index is 0.0819. The Morgan fingerprint density at radius 2 is 1.78 bits per heavy atom. The lowest BCUT2D eigenvalue weighted by Gasteiger charge is -2.20. The number of pyridine rings is 2. The molecule has 4 aromatic rings. The van der Waals surface area contributed by atoms with E-state index in [4.69, 9.17) is 27.9 Å². The standard InChI is InChI=1S/C27H22Cl2N4O4/c28-21-9-4-10-22(29)23(21)31-26(35)20-15-33(25-19(24(20)34)8-5-12-30-25)18-11-13-32(14-18)27(36)37-16-17-6-2-1-3-7-17/h1-10,12,15,18H,11,13-14,16H2,(H,31,35). The zero-order chi connectivity index (χ0) is 25.9. The molecule has 1 saturated heterocycles. The number of carbonyl (C=O) groups is 2. The second-order valence-corrected chi connectivity index (χ2v) is 9.45. The van der Waals surface area contributed by atoms with E-state index >= 15 is 0 Å². The molecule has 1 aliphatic heterocycles. The van der Waals surface area contributed by atoms with Crippen molar-refractivity contribution >= 4 is 51.9 Å². The Morgan fingerprint density at radius 3 is 2.54 bits per heavy atom. The largest absolute Gasteiger partial charge is 0.445 e. The molecule has 1 unspecified atom stereocenters. The smallest absolute Gasteiger partial charge is 0.410 e. The van der Waals surface area contributed by atoms with Gasteiger partial charge in [-0.3, -0.25) is 9.59 Å². The number of para-hydroxylation sites is 1. The molecule has 10 heteroatoms. The van der Waals surface area contributed by atoms with Gasteiger partial charge in [-0.1, -0.05) is 59.6 Å². The van der Waals surface area contributed by atoms with Gasteiger partial charge in [0.15, 0.2) is 0 Å². The molecule has 0 radical (unpaired) electrons. The van der Waals surface area contributed by atoms with E-state index in [0.29, 0.717) is 30.5 Å². The molecule has 0 saturated carbocycles. The van der Waals surface area contributed by atoms with Crippen LogP contribution in [0, 0.1) is 0 Å². The first-order chi connectivity index (χ1) is 17.9. The Hall–Kier alpha value is -3.88. The highest BCUT2D eigenvalue weighted by Crippen LogP contribution is 2.30. The van der Waals surface area contributed by atoms with E-state index < -0.39 is 17.4 Å². The summed E-state index contributed by atoms with van der Waals surface area (Å²) >= 11 is 12.4. The molecule has 0 aliphatic carbocycles. The Kier molecular flexibility index (Phi) is 7.12. The maximum atomic E-state index is 13.2. The zero-order valence-electron chi connectivity index (χ0n) is 19.6. The van der Waals surface area contributed by atoms with E-state index in [1.165, 1.54) is 6.20 Å². The molecule has 1 N–H and O–H groups in total. The van der Waals surface area contributed by atoms with Crippen LogP contribution in [-0.4, -0.2) is 39.5 Å². The number of hydrogen-bond acceptors (Lipinski definition) is 5. The molecule has 2 aromatic heterocycles. The van der Waals surface area contributed by atoms with Crippen LogP contribution in [0.2, 0.25) is 10.0 Å². The van der Waals surface area contributed by atoms with Crippen LogP contribution in [-0.2, 0) is 11.3 Å². The summed E-state index contributed by atoms with van der Waals surface area (Å²) in [6, 6.07) is 17.4. The van der Waals surface area contributed by atoms with Crippen LogP contribution in [0.15, 0.2) is 77.9 Å². The minimum atomic E-state index is -0.642. The molecule has 8 nitrogen and oxygen atoms in total. The zero-order valence-corrected chi connectivity index (χ0v) is 21.1. The second-order valence-electron chi connectivity index (χ2n) is 8.63. The lowest BCUT2D eigenvalue weighted by atomic mass is 10.1. The number of rotatable bonds is 5. The number of amides is 2. The van der Waals surface area contributed by atoms with Crippen LogP contribution in [0.1, 0.15) is 28.4 Å². The number of carbonyl (C=O) groups excluding carboxylic acids is 2. The van der Waals surface area contributed by atoms with Crippen LogP contribution >= 0.6 is 23.2 Å². The monoisotopic (exact) mass is 536 g/mol. The van der Waals surface area contributed by atoms with Crippen LogP contribution in [0.4, 0.5) is 10.5 Å². The van der Waals surface area contributed by atoms with E-state index in [-0.39, 0.29) is 33.9 Å². The van der Waals surface area contributed by atoms with E-state index in [2.05, 4.69) is 10.3 Å². The topological polar surface area (TPSA) is 93.5 Å². The molecule has 5 rings (SSSR count). The molecule has 1 atom stereocenters. The van der Waals surface area contributed by atoms with Gasteiger partial charge in [0.05, 0.1) is 27.2 Å². The van der Waals surface area contributed by atoms with Crippen molar-refractivity contribution in [2.24, 2.45) is 0 Å². The van der Waals surface area contributed by atoms with Crippen LogP contribution in [0.25, 0.3) is 11.0 Å². The van der Waals surface area contributed by atoms with E-state index in [9.17, 15) is 14.4 Å². The van der Waals surface area contributed by atoms with Crippen LogP contribution in [0.3, 0.4) is 0 Å². The normalized spacial score (nSPS) is 15.1. The van der Waals surface area contributed by atoms with Crippen LogP contribution in [0.5, 0.6) is 0 Å². The number of nitrogens with zero attached hydrogens (tertiary/aromatic N) is 3. The van der Waals surface area contributed by atoms with Crippen molar-refractivity contribution < 1.29 is 14.3 Å². The Labute approximate surface area is 222 Å². The second kappa shape index (κ2) is 10.6. The SMILES string of the molecule is O=C(Nc1c(Cl)cccc1Cl)c1cn(C2CCN(C(=O)OCc3ccccc3)C2)c2ncccc2c1=O. The highest BCUT2D eigenvalue weighted by molar-refractivity contribution is 6.40. The number of ether oxygens (including phenoxy) is 1. The van der Waals surface area contributed by atoms with Crippen molar-refractivity contribution in [3.63, 3.8) is 0 Å². The molecule has 2 aromatic carbocycles. The van der Waals surface area contributed by atoms with E-state index in [0.717, 1.165) is 5.56 Å². The fourth-order valence-electron chi connectivity index (χ4n) is 4.37. The number of anilines is 1. The van der Waals surface area contributed by atoms with Gasteiger partial charge in [0, 0.05) is 25.5 Å². The lowest BCUT2D eigenvalue weighted by molar-refractivity contribution is 0.101. The van der Waals surface area contributed by atoms with Gasteiger partial charge < -0.3 is 19.5 Å². The molecule has 2 amide bonds. The average Bonchev–Trinajstić information content (AvgIpc) is 3.41.